The van der Waals surface area contributed by atoms with Crippen LogP contribution in [-0.4, -0.2) is 15.9 Å². The highest BCUT2D eigenvalue weighted by molar-refractivity contribution is 7.13. The molecule has 0 saturated heterocycles. The number of carbonyl (C=O) groups is 1. The molecule has 1 amide bonds. The van der Waals surface area contributed by atoms with Gasteiger partial charge in [0.1, 0.15) is 4.88 Å². The van der Waals surface area contributed by atoms with Crippen molar-refractivity contribution >= 4 is 17.2 Å². The molecular weight excluding hydrogens is 322 g/mol. The first-order valence-corrected chi connectivity index (χ1v) is 9.41. The fourth-order valence-corrected chi connectivity index (χ4v) is 4.48. The second kappa shape index (κ2) is 6.16. The van der Waals surface area contributed by atoms with Crippen molar-refractivity contribution in [3.63, 3.8) is 0 Å². The number of hydrogen-bond acceptors (Lipinski definition) is 4. The number of H-pyrrole nitrogens is 1. The maximum atomic E-state index is 12.7. The number of pyridine rings is 1. The molecule has 1 unspecified atom stereocenters. The summed E-state index contributed by atoms with van der Waals surface area (Å²) < 4.78 is 0. The number of aryl methyl sites for hydroxylation is 2. The normalized spacial score (nSPS) is 19.8. The molecule has 1 fully saturated rings. The molecular formula is C18H21N3O2S. The first kappa shape index (κ1) is 15.6. The third kappa shape index (κ3) is 3.15. The van der Waals surface area contributed by atoms with Gasteiger partial charge >= 0.3 is 0 Å². The van der Waals surface area contributed by atoms with Crippen LogP contribution >= 0.6 is 11.3 Å². The van der Waals surface area contributed by atoms with Crippen LogP contribution in [0.3, 0.4) is 0 Å². The van der Waals surface area contributed by atoms with Crippen LogP contribution in [0, 0.1) is 12.8 Å². The summed E-state index contributed by atoms with van der Waals surface area (Å²) in [5, 5.41) is 4.22. The molecule has 1 atom stereocenters. The average molecular weight is 343 g/mol. The van der Waals surface area contributed by atoms with Gasteiger partial charge in [0.15, 0.2) is 0 Å². The number of nitrogens with zero attached hydrogens (tertiary/aromatic N) is 1. The second-order valence-electron chi connectivity index (χ2n) is 6.84. The molecule has 5 nitrogen and oxygen atoms in total. The Morgan fingerprint density at radius 1 is 1.38 bits per heavy atom. The van der Waals surface area contributed by atoms with Crippen LogP contribution in [0.15, 0.2) is 16.9 Å². The van der Waals surface area contributed by atoms with Gasteiger partial charge in [-0.05, 0) is 56.6 Å². The van der Waals surface area contributed by atoms with E-state index in [1.54, 1.807) is 0 Å². The van der Waals surface area contributed by atoms with Gasteiger partial charge in [0, 0.05) is 18.2 Å². The minimum Gasteiger partial charge on any atom is -0.344 e. The maximum Gasteiger partial charge on any atom is 0.263 e. The molecule has 2 aliphatic rings. The predicted octanol–water partition coefficient (Wildman–Crippen LogP) is 2.90. The van der Waals surface area contributed by atoms with Crippen molar-refractivity contribution in [3.8, 4) is 0 Å². The number of amides is 1. The monoisotopic (exact) mass is 343 g/mol. The minimum atomic E-state index is -0.0799. The zero-order valence-electron chi connectivity index (χ0n) is 13.7. The van der Waals surface area contributed by atoms with Crippen LogP contribution in [0.25, 0.3) is 0 Å². The molecule has 2 aliphatic carbocycles. The smallest absolute Gasteiger partial charge is 0.263 e. The topological polar surface area (TPSA) is 74.8 Å². The Hall–Kier alpha value is -1.95. The molecule has 0 aliphatic heterocycles. The van der Waals surface area contributed by atoms with Crippen molar-refractivity contribution in [2.75, 3.05) is 0 Å². The fourth-order valence-electron chi connectivity index (χ4n) is 3.39. The first-order valence-electron chi connectivity index (χ1n) is 8.59. The molecule has 2 aromatic rings. The summed E-state index contributed by atoms with van der Waals surface area (Å²) in [7, 11) is 0. The maximum absolute atomic E-state index is 12.7. The fraction of sp³-hybridized carbons (Fsp3) is 0.500. The minimum absolute atomic E-state index is 0.0357. The number of aromatic amines is 1. The molecule has 2 N–H and O–H groups in total. The van der Waals surface area contributed by atoms with Crippen LogP contribution in [-0.2, 0) is 12.8 Å². The third-order valence-electron chi connectivity index (χ3n) is 4.84. The van der Waals surface area contributed by atoms with Crippen LogP contribution in [0.2, 0.25) is 0 Å². The molecule has 0 aromatic carbocycles. The van der Waals surface area contributed by atoms with E-state index >= 15 is 0 Å². The zero-order valence-corrected chi connectivity index (χ0v) is 14.5. The molecule has 1 saturated carbocycles. The summed E-state index contributed by atoms with van der Waals surface area (Å²) in [5.41, 5.74) is 2.73. The van der Waals surface area contributed by atoms with Gasteiger partial charge in [0.2, 0.25) is 5.56 Å². The standard InChI is InChI=1S/C18H21N3O2S/c1-10-17(24-16(19-10)9-11-5-6-11)18(23)21-14-4-2-3-13-12(14)7-8-15(22)20-13/h7-8,11,14H,2-6,9H2,1H3,(H,20,22)(H,21,23). The molecule has 2 aromatic heterocycles. The van der Waals surface area contributed by atoms with E-state index in [9.17, 15) is 9.59 Å². The zero-order chi connectivity index (χ0) is 16.7. The number of thiazole rings is 1. The van der Waals surface area contributed by atoms with E-state index in [-0.39, 0.29) is 17.5 Å². The van der Waals surface area contributed by atoms with E-state index in [4.69, 9.17) is 0 Å². The molecule has 4 rings (SSSR count). The lowest BCUT2D eigenvalue weighted by Gasteiger charge is -2.25. The number of fused-ring (bicyclic) bond motifs is 1. The van der Waals surface area contributed by atoms with Crippen molar-refractivity contribution in [1.82, 2.24) is 15.3 Å². The molecule has 0 bridgehead atoms. The Kier molecular flexibility index (Phi) is 4.00. The largest absolute Gasteiger partial charge is 0.344 e. The average Bonchev–Trinajstić information content (AvgIpc) is 3.28. The van der Waals surface area contributed by atoms with Crippen LogP contribution in [0.1, 0.15) is 63.4 Å². The second-order valence-corrected chi connectivity index (χ2v) is 7.93. The van der Waals surface area contributed by atoms with Gasteiger partial charge in [-0.15, -0.1) is 11.3 Å². The van der Waals surface area contributed by atoms with E-state index < -0.39 is 0 Å². The predicted molar refractivity (Wildman–Crippen MR) is 93.5 cm³/mol. The van der Waals surface area contributed by atoms with Crippen molar-refractivity contribution < 1.29 is 4.79 Å². The van der Waals surface area contributed by atoms with Gasteiger partial charge in [-0.25, -0.2) is 4.98 Å². The molecule has 2 heterocycles. The van der Waals surface area contributed by atoms with Gasteiger partial charge in [-0.1, -0.05) is 0 Å². The number of hydrogen-bond donors (Lipinski definition) is 2. The summed E-state index contributed by atoms with van der Waals surface area (Å²) in [5.74, 6) is 0.726. The number of nitrogens with one attached hydrogen (secondary N) is 2. The molecule has 24 heavy (non-hydrogen) atoms. The molecule has 0 spiro atoms. The highest BCUT2D eigenvalue weighted by Crippen LogP contribution is 2.34. The summed E-state index contributed by atoms with van der Waals surface area (Å²) in [6, 6.07) is 3.34. The van der Waals surface area contributed by atoms with Crippen LogP contribution < -0.4 is 10.9 Å². The van der Waals surface area contributed by atoms with E-state index in [0.29, 0.717) is 0 Å². The van der Waals surface area contributed by atoms with E-state index in [1.807, 2.05) is 13.0 Å². The SMILES string of the molecule is Cc1nc(CC2CC2)sc1C(=O)NC1CCCc2[nH]c(=O)ccc21. The van der Waals surface area contributed by atoms with E-state index in [1.165, 1.54) is 30.2 Å². The Bertz CT molecular complexity index is 835. The number of aromatic nitrogens is 2. The van der Waals surface area contributed by atoms with E-state index in [0.717, 1.165) is 58.4 Å². The highest BCUT2D eigenvalue weighted by Gasteiger charge is 2.27. The van der Waals surface area contributed by atoms with Gasteiger partial charge in [-0.2, -0.15) is 0 Å². The summed E-state index contributed by atoms with van der Waals surface area (Å²) in [6.07, 6.45) is 6.31. The van der Waals surface area contributed by atoms with Crippen molar-refractivity contribution in [3.05, 3.63) is 49.3 Å². The number of rotatable bonds is 4. The lowest BCUT2D eigenvalue weighted by Crippen LogP contribution is -2.32. The summed E-state index contributed by atoms with van der Waals surface area (Å²) in [4.78, 5) is 32.4. The van der Waals surface area contributed by atoms with Crippen molar-refractivity contribution in [2.45, 2.75) is 51.5 Å². The van der Waals surface area contributed by atoms with Gasteiger partial charge in [-0.3, -0.25) is 9.59 Å². The van der Waals surface area contributed by atoms with Gasteiger partial charge in [0.25, 0.3) is 5.91 Å². The lowest BCUT2D eigenvalue weighted by atomic mass is 9.91. The summed E-state index contributed by atoms with van der Waals surface area (Å²) >= 11 is 1.53. The van der Waals surface area contributed by atoms with Crippen molar-refractivity contribution in [2.24, 2.45) is 5.92 Å². The molecule has 126 valence electrons. The lowest BCUT2D eigenvalue weighted by molar-refractivity contribution is 0.0936. The van der Waals surface area contributed by atoms with Crippen LogP contribution in [0.5, 0.6) is 0 Å². The highest BCUT2D eigenvalue weighted by atomic mass is 32.1. The number of carbonyl (C=O) groups excluding carboxylic acids is 1. The Labute approximate surface area is 144 Å². The molecule has 6 heteroatoms. The van der Waals surface area contributed by atoms with Crippen LogP contribution in [0.4, 0.5) is 0 Å². The van der Waals surface area contributed by atoms with E-state index in [2.05, 4.69) is 15.3 Å². The van der Waals surface area contributed by atoms with Gasteiger partial charge < -0.3 is 10.3 Å². The van der Waals surface area contributed by atoms with Crippen molar-refractivity contribution in [1.29, 1.82) is 0 Å². The molecule has 0 radical (unpaired) electrons. The first-order chi connectivity index (χ1) is 11.6. The Balaban J connectivity index is 1.52. The third-order valence-corrected chi connectivity index (χ3v) is 6.02. The Morgan fingerprint density at radius 2 is 2.21 bits per heavy atom. The van der Waals surface area contributed by atoms with Gasteiger partial charge in [0.05, 0.1) is 16.7 Å². The quantitative estimate of drug-likeness (QED) is 0.896. The Morgan fingerprint density at radius 3 is 3.00 bits per heavy atom. The summed E-state index contributed by atoms with van der Waals surface area (Å²) in [6.45, 7) is 1.91.